The third kappa shape index (κ3) is 5.09. The molecule has 0 aromatic carbocycles. The van der Waals surface area contributed by atoms with Crippen molar-refractivity contribution >= 4 is 8.60 Å². The van der Waals surface area contributed by atoms with Gasteiger partial charge in [-0.1, -0.05) is 6.92 Å². The van der Waals surface area contributed by atoms with Crippen molar-refractivity contribution < 1.29 is 19.4 Å². The van der Waals surface area contributed by atoms with Crippen LogP contribution in [0.1, 0.15) is 19.8 Å². The van der Waals surface area contributed by atoms with Crippen LogP contribution in [0.5, 0.6) is 0 Å². The first kappa shape index (κ1) is 10.3. The van der Waals surface area contributed by atoms with Gasteiger partial charge in [-0.15, -0.1) is 0 Å². The van der Waals surface area contributed by atoms with Crippen LogP contribution in [0.25, 0.3) is 0 Å². The minimum Gasteiger partial charge on any atom is -0.396 e. The van der Waals surface area contributed by atoms with Crippen molar-refractivity contribution in [2.24, 2.45) is 0 Å². The predicted octanol–water partition coefficient (Wildman–Crippen LogP) is 0.376. The van der Waals surface area contributed by atoms with Crippen molar-refractivity contribution in [1.29, 1.82) is 0 Å². The molecule has 0 aromatic heterocycles. The van der Waals surface area contributed by atoms with Gasteiger partial charge in [0.1, 0.15) is 0 Å². The van der Waals surface area contributed by atoms with E-state index in [2.05, 4.69) is 4.52 Å². The minimum absolute atomic E-state index is 0.0156. The molecular formula is C5H13O4P. The molecule has 0 amide bonds. The molecule has 1 unspecified atom stereocenters. The van der Waals surface area contributed by atoms with Gasteiger partial charge in [-0.3, -0.25) is 0 Å². The Morgan fingerprint density at radius 2 is 2.10 bits per heavy atom. The third-order valence-electron chi connectivity index (χ3n) is 1.15. The third-order valence-corrected chi connectivity index (χ3v) is 1.64. The van der Waals surface area contributed by atoms with Gasteiger partial charge in [-0.2, -0.15) is 0 Å². The van der Waals surface area contributed by atoms with E-state index < -0.39 is 8.60 Å². The van der Waals surface area contributed by atoms with E-state index >= 15 is 0 Å². The summed E-state index contributed by atoms with van der Waals surface area (Å²) in [7, 11) is -2.27. The zero-order valence-corrected chi connectivity index (χ0v) is 6.79. The molecule has 0 aliphatic carbocycles. The maximum Gasteiger partial charge on any atom is 0.327 e. The molecule has 0 saturated heterocycles. The highest BCUT2D eigenvalue weighted by Crippen LogP contribution is 2.28. The highest BCUT2D eigenvalue weighted by Gasteiger charge is 2.10. The van der Waals surface area contributed by atoms with E-state index in [4.69, 9.17) is 14.9 Å². The molecule has 4 nitrogen and oxygen atoms in total. The van der Waals surface area contributed by atoms with E-state index in [1.54, 1.807) is 0 Å². The number of aliphatic hydroxyl groups excluding tert-OH is 1. The quantitative estimate of drug-likeness (QED) is 0.519. The van der Waals surface area contributed by atoms with Crippen molar-refractivity contribution in [3.8, 4) is 0 Å². The van der Waals surface area contributed by atoms with Gasteiger partial charge >= 0.3 is 8.60 Å². The Morgan fingerprint density at radius 1 is 1.50 bits per heavy atom. The first-order chi connectivity index (χ1) is 4.70. The van der Waals surface area contributed by atoms with E-state index in [1.165, 1.54) is 0 Å². The van der Waals surface area contributed by atoms with Crippen LogP contribution in [0.4, 0.5) is 0 Å². The molecule has 0 fully saturated rings. The highest BCUT2D eigenvalue weighted by molar-refractivity contribution is 7.39. The maximum atomic E-state index is 8.44. The molecule has 62 valence electrons. The van der Waals surface area contributed by atoms with E-state index in [1.807, 2.05) is 6.92 Å². The topological polar surface area (TPSA) is 69.9 Å². The van der Waals surface area contributed by atoms with Crippen LogP contribution in [0, 0.1) is 0 Å². The molecule has 0 saturated carbocycles. The van der Waals surface area contributed by atoms with Gasteiger partial charge in [0, 0.05) is 6.61 Å². The summed E-state index contributed by atoms with van der Waals surface area (Å²) in [6.45, 7) is 1.88. The Morgan fingerprint density at radius 3 is 2.40 bits per heavy atom. The summed E-state index contributed by atoms with van der Waals surface area (Å²) >= 11 is 0. The molecule has 0 heterocycles. The number of rotatable bonds is 5. The lowest BCUT2D eigenvalue weighted by molar-refractivity contribution is 0.132. The second-order valence-corrected chi connectivity index (χ2v) is 2.62. The van der Waals surface area contributed by atoms with E-state index in [-0.39, 0.29) is 12.7 Å². The van der Waals surface area contributed by atoms with Crippen LogP contribution in [0.15, 0.2) is 0 Å². The van der Waals surface area contributed by atoms with Gasteiger partial charge in [0.15, 0.2) is 0 Å². The fourth-order valence-corrected chi connectivity index (χ4v) is 1.13. The van der Waals surface area contributed by atoms with Crippen LogP contribution in [0.2, 0.25) is 0 Å². The maximum absolute atomic E-state index is 8.44. The molecule has 0 aliphatic rings. The van der Waals surface area contributed by atoms with Crippen LogP contribution >= 0.6 is 8.60 Å². The smallest absolute Gasteiger partial charge is 0.327 e. The molecule has 0 rings (SSSR count). The van der Waals surface area contributed by atoms with Crippen molar-refractivity contribution in [2.75, 3.05) is 6.61 Å². The predicted molar refractivity (Wildman–Crippen MR) is 38.2 cm³/mol. The fourth-order valence-electron chi connectivity index (χ4n) is 0.609. The molecule has 5 heteroatoms. The van der Waals surface area contributed by atoms with Gasteiger partial charge < -0.3 is 19.4 Å². The summed E-state index contributed by atoms with van der Waals surface area (Å²) in [6.07, 6.45) is 0.905. The largest absolute Gasteiger partial charge is 0.396 e. The van der Waals surface area contributed by atoms with Gasteiger partial charge in [0.25, 0.3) is 0 Å². The first-order valence-electron chi connectivity index (χ1n) is 3.16. The molecule has 0 radical (unpaired) electrons. The van der Waals surface area contributed by atoms with Gasteiger partial charge in [-0.05, 0) is 12.8 Å². The van der Waals surface area contributed by atoms with Crippen LogP contribution in [-0.4, -0.2) is 27.6 Å². The Bertz CT molecular complexity index is 78.0. The average Bonchev–Trinajstić information content (AvgIpc) is 1.86. The zero-order chi connectivity index (χ0) is 7.98. The van der Waals surface area contributed by atoms with E-state index in [0.717, 1.165) is 0 Å². The Kier molecular flexibility index (Phi) is 6.17. The van der Waals surface area contributed by atoms with Crippen LogP contribution in [-0.2, 0) is 4.52 Å². The van der Waals surface area contributed by atoms with Crippen molar-refractivity contribution in [2.45, 2.75) is 25.9 Å². The molecular weight excluding hydrogens is 155 g/mol. The highest BCUT2D eigenvalue weighted by atomic mass is 31.2. The first-order valence-corrected chi connectivity index (χ1v) is 4.32. The fraction of sp³-hybridized carbons (Fsp3) is 1.00. The lowest BCUT2D eigenvalue weighted by atomic mass is 10.2. The summed E-state index contributed by atoms with van der Waals surface area (Å²) < 4.78 is 4.66. The Balaban J connectivity index is 3.39. The lowest BCUT2D eigenvalue weighted by Gasteiger charge is -2.13. The lowest BCUT2D eigenvalue weighted by Crippen LogP contribution is -2.10. The zero-order valence-electron chi connectivity index (χ0n) is 5.90. The van der Waals surface area contributed by atoms with Gasteiger partial charge in [-0.25, -0.2) is 0 Å². The summed E-state index contributed by atoms with van der Waals surface area (Å²) in [5.74, 6) is 0. The normalized spacial score (nSPS) is 14.1. The molecule has 3 N–H and O–H groups in total. The second-order valence-electron chi connectivity index (χ2n) is 1.90. The standard InChI is InChI=1S/C5H13O4P/c1-2-5(3-4-6)9-10(7)8/h5-8H,2-4H2,1H3. The summed E-state index contributed by atoms with van der Waals surface area (Å²) in [5, 5.41) is 8.44. The van der Waals surface area contributed by atoms with Crippen molar-refractivity contribution in [3.05, 3.63) is 0 Å². The molecule has 1 atom stereocenters. The molecule has 0 spiro atoms. The molecule has 0 bridgehead atoms. The monoisotopic (exact) mass is 168 g/mol. The number of aliphatic hydroxyl groups is 1. The van der Waals surface area contributed by atoms with Crippen molar-refractivity contribution in [1.82, 2.24) is 0 Å². The molecule has 0 aromatic rings. The van der Waals surface area contributed by atoms with E-state index in [0.29, 0.717) is 12.8 Å². The Hall–Kier alpha value is 0.270. The summed E-state index contributed by atoms with van der Waals surface area (Å²) in [6, 6.07) is 0. The van der Waals surface area contributed by atoms with Crippen LogP contribution < -0.4 is 0 Å². The van der Waals surface area contributed by atoms with Gasteiger partial charge in [0.2, 0.25) is 0 Å². The Labute approximate surface area is 61.5 Å². The van der Waals surface area contributed by atoms with Crippen molar-refractivity contribution in [3.63, 3.8) is 0 Å². The summed E-state index contributed by atoms with van der Waals surface area (Å²) in [5.41, 5.74) is 0. The van der Waals surface area contributed by atoms with Crippen LogP contribution in [0.3, 0.4) is 0 Å². The van der Waals surface area contributed by atoms with E-state index in [9.17, 15) is 0 Å². The molecule has 10 heavy (non-hydrogen) atoms. The van der Waals surface area contributed by atoms with Gasteiger partial charge in [0.05, 0.1) is 6.10 Å². The summed E-state index contributed by atoms with van der Waals surface area (Å²) in [4.78, 5) is 16.8. The number of hydrogen-bond acceptors (Lipinski definition) is 4. The second kappa shape index (κ2) is 6.01. The average molecular weight is 168 g/mol. The number of hydrogen-bond donors (Lipinski definition) is 3. The molecule has 0 aliphatic heterocycles. The SMILES string of the molecule is CCC(CCO)OP(O)O. The minimum atomic E-state index is -2.27.